The number of amides is 1. The lowest BCUT2D eigenvalue weighted by atomic mass is 10.2. The lowest BCUT2D eigenvalue weighted by Crippen LogP contribution is -2.34. The molecule has 1 amide bonds. The number of carbonyl (C=O) groups excluding carboxylic acids is 1. The van der Waals surface area contributed by atoms with Crippen molar-refractivity contribution in [3.8, 4) is 0 Å². The normalized spacial score (nSPS) is 11.3. The first-order chi connectivity index (χ1) is 8.28. The largest absolute Gasteiger partial charge is 0.351 e. The van der Waals surface area contributed by atoms with Gasteiger partial charge in [0.1, 0.15) is 0 Å². The molecule has 0 heterocycles. The molecule has 0 bridgehead atoms. The summed E-state index contributed by atoms with van der Waals surface area (Å²) in [4.78, 5) is 11.7. The summed E-state index contributed by atoms with van der Waals surface area (Å²) >= 11 is 9.05. The summed E-state index contributed by atoms with van der Waals surface area (Å²) in [5, 5.41) is 3.03. The van der Waals surface area contributed by atoms with E-state index in [2.05, 4.69) is 26.0 Å². The first-order valence-corrected chi connectivity index (χ1v) is 8.03. The van der Waals surface area contributed by atoms with Gasteiger partial charge in [0, 0.05) is 28.1 Å². The standard InChI is InChI=1S/C10H12BrClN2O3S/c1-18(16,17)14-3-2-13-10(15)7-4-8(11)6-9(12)5-7/h4-6,14H,2-3H2,1H3,(H,13,15). The predicted octanol–water partition coefficient (Wildman–Crippen LogP) is 1.38. The Hall–Kier alpha value is -0.630. The molecule has 0 saturated carbocycles. The van der Waals surface area contributed by atoms with E-state index in [4.69, 9.17) is 11.6 Å². The summed E-state index contributed by atoms with van der Waals surface area (Å²) in [5.74, 6) is -0.312. The van der Waals surface area contributed by atoms with Crippen LogP contribution < -0.4 is 10.0 Å². The molecule has 0 unspecified atom stereocenters. The smallest absolute Gasteiger partial charge is 0.251 e. The van der Waals surface area contributed by atoms with E-state index in [-0.39, 0.29) is 19.0 Å². The van der Waals surface area contributed by atoms with Gasteiger partial charge >= 0.3 is 0 Å². The van der Waals surface area contributed by atoms with Gasteiger partial charge in [-0.15, -0.1) is 0 Å². The van der Waals surface area contributed by atoms with Crippen LogP contribution >= 0.6 is 27.5 Å². The van der Waals surface area contributed by atoms with Gasteiger partial charge in [0.15, 0.2) is 0 Å². The fourth-order valence-electron chi connectivity index (χ4n) is 1.20. The first-order valence-electron chi connectivity index (χ1n) is 4.97. The highest BCUT2D eigenvalue weighted by atomic mass is 79.9. The van der Waals surface area contributed by atoms with Gasteiger partial charge in [0.05, 0.1) is 6.26 Å². The van der Waals surface area contributed by atoms with Gasteiger partial charge in [-0.2, -0.15) is 0 Å². The molecule has 0 radical (unpaired) electrons. The molecule has 1 aromatic carbocycles. The Balaban J connectivity index is 2.51. The summed E-state index contributed by atoms with van der Waals surface area (Å²) < 4.78 is 24.6. The SMILES string of the molecule is CS(=O)(=O)NCCNC(=O)c1cc(Cl)cc(Br)c1. The van der Waals surface area contributed by atoms with Gasteiger partial charge in [0.2, 0.25) is 10.0 Å². The van der Waals surface area contributed by atoms with Gasteiger partial charge in [-0.25, -0.2) is 13.1 Å². The molecule has 0 fully saturated rings. The number of hydrogen-bond acceptors (Lipinski definition) is 3. The second kappa shape index (κ2) is 6.51. The van der Waals surface area contributed by atoms with Gasteiger partial charge in [-0.05, 0) is 18.2 Å². The van der Waals surface area contributed by atoms with Crippen molar-refractivity contribution in [3.05, 3.63) is 33.3 Å². The zero-order valence-corrected chi connectivity index (χ0v) is 12.7. The summed E-state index contributed by atoms with van der Waals surface area (Å²) in [6.45, 7) is 0.350. The predicted molar refractivity (Wildman–Crippen MR) is 74.3 cm³/mol. The Bertz CT molecular complexity index is 528. The highest BCUT2D eigenvalue weighted by Gasteiger charge is 2.07. The van der Waals surface area contributed by atoms with Crippen molar-refractivity contribution in [1.29, 1.82) is 0 Å². The number of rotatable bonds is 5. The topological polar surface area (TPSA) is 75.3 Å². The van der Waals surface area contributed by atoms with Crippen LogP contribution in [0.4, 0.5) is 0 Å². The number of hydrogen-bond donors (Lipinski definition) is 2. The van der Waals surface area contributed by atoms with Crippen molar-refractivity contribution in [2.45, 2.75) is 0 Å². The highest BCUT2D eigenvalue weighted by Crippen LogP contribution is 2.19. The maximum absolute atomic E-state index is 11.7. The van der Waals surface area contributed by atoms with Crippen molar-refractivity contribution in [3.63, 3.8) is 0 Å². The van der Waals surface area contributed by atoms with Crippen LogP contribution in [0.5, 0.6) is 0 Å². The van der Waals surface area contributed by atoms with Crippen molar-refractivity contribution in [2.75, 3.05) is 19.3 Å². The lowest BCUT2D eigenvalue weighted by Gasteiger charge is -2.06. The van der Waals surface area contributed by atoms with E-state index in [1.54, 1.807) is 12.1 Å². The van der Waals surface area contributed by atoms with E-state index in [1.165, 1.54) is 6.07 Å². The molecule has 0 aliphatic carbocycles. The highest BCUT2D eigenvalue weighted by molar-refractivity contribution is 9.10. The van der Waals surface area contributed by atoms with Crippen LogP contribution in [0.1, 0.15) is 10.4 Å². The Labute approximate surface area is 119 Å². The molecule has 0 aromatic heterocycles. The number of carbonyl (C=O) groups is 1. The van der Waals surface area contributed by atoms with E-state index < -0.39 is 10.0 Å². The number of benzene rings is 1. The third kappa shape index (κ3) is 5.81. The van der Waals surface area contributed by atoms with Crippen LogP contribution in [0.25, 0.3) is 0 Å². The van der Waals surface area contributed by atoms with Crippen molar-refractivity contribution in [2.24, 2.45) is 0 Å². The molecule has 100 valence electrons. The molecule has 5 nitrogen and oxygen atoms in total. The van der Waals surface area contributed by atoms with Crippen LogP contribution in [-0.2, 0) is 10.0 Å². The molecule has 8 heteroatoms. The second-order valence-electron chi connectivity index (χ2n) is 3.58. The van der Waals surface area contributed by atoms with E-state index >= 15 is 0 Å². The third-order valence-electron chi connectivity index (χ3n) is 1.90. The summed E-state index contributed by atoms with van der Waals surface area (Å²) in [5.41, 5.74) is 0.411. The van der Waals surface area contributed by atoms with Crippen molar-refractivity contribution < 1.29 is 13.2 Å². The average molecular weight is 356 g/mol. The minimum Gasteiger partial charge on any atom is -0.351 e. The monoisotopic (exact) mass is 354 g/mol. The van der Waals surface area contributed by atoms with E-state index in [0.717, 1.165) is 6.26 Å². The van der Waals surface area contributed by atoms with Gasteiger partial charge in [0.25, 0.3) is 5.91 Å². The van der Waals surface area contributed by atoms with Crippen LogP contribution in [0.2, 0.25) is 5.02 Å². The zero-order valence-electron chi connectivity index (χ0n) is 9.54. The quantitative estimate of drug-likeness (QED) is 0.784. The Morgan fingerprint density at radius 2 is 2.00 bits per heavy atom. The average Bonchev–Trinajstić information content (AvgIpc) is 2.21. The fourth-order valence-corrected chi connectivity index (χ4v) is 2.53. The molecule has 2 N–H and O–H groups in total. The summed E-state index contributed by atoms with van der Waals surface area (Å²) in [6, 6.07) is 4.83. The molecule has 0 saturated heterocycles. The molecular weight excluding hydrogens is 344 g/mol. The van der Waals surface area contributed by atoms with Crippen LogP contribution in [-0.4, -0.2) is 33.7 Å². The summed E-state index contributed by atoms with van der Waals surface area (Å²) in [7, 11) is -3.23. The first kappa shape index (κ1) is 15.4. The number of halogens is 2. The molecule has 0 spiro atoms. The minimum atomic E-state index is -3.23. The summed E-state index contributed by atoms with van der Waals surface area (Å²) in [6.07, 6.45) is 1.06. The lowest BCUT2D eigenvalue weighted by molar-refractivity contribution is 0.0954. The molecule has 1 rings (SSSR count). The third-order valence-corrected chi connectivity index (χ3v) is 3.30. The molecule has 0 aliphatic heterocycles. The van der Waals surface area contributed by atoms with Crippen LogP contribution in [0, 0.1) is 0 Å². The van der Waals surface area contributed by atoms with E-state index in [1.807, 2.05) is 0 Å². The van der Waals surface area contributed by atoms with E-state index in [0.29, 0.717) is 15.1 Å². The molecular formula is C10H12BrClN2O3S. The Kier molecular flexibility index (Phi) is 5.58. The maximum Gasteiger partial charge on any atom is 0.251 e. The Morgan fingerprint density at radius 1 is 1.33 bits per heavy atom. The molecule has 18 heavy (non-hydrogen) atoms. The minimum absolute atomic E-state index is 0.145. The maximum atomic E-state index is 11.7. The van der Waals surface area contributed by atoms with Gasteiger partial charge in [-0.3, -0.25) is 4.79 Å². The number of nitrogens with one attached hydrogen (secondary N) is 2. The van der Waals surface area contributed by atoms with Gasteiger partial charge < -0.3 is 5.32 Å². The second-order valence-corrected chi connectivity index (χ2v) is 6.77. The van der Waals surface area contributed by atoms with Crippen molar-refractivity contribution >= 4 is 43.5 Å². The van der Waals surface area contributed by atoms with Crippen LogP contribution in [0.15, 0.2) is 22.7 Å². The van der Waals surface area contributed by atoms with Crippen molar-refractivity contribution in [1.82, 2.24) is 10.0 Å². The molecule has 1 aromatic rings. The molecule has 0 aliphatic rings. The van der Waals surface area contributed by atoms with Gasteiger partial charge in [-0.1, -0.05) is 27.5 Å². The van der Waals surface area contributed by atoms with Crippen LogP contribution in [0.3, 0.4) is 0 Å². The van der Waals surface area contributed by atoms with E-state index in [9.17, 15) is 13.2 Å². The fraction of sp³-hybridized carbons (Fsp3) is 0.300. The Morgan fingerprint density at radius 3 is 2.56 bits per heavy atom. The molecule has 0 atom stereocenters. The number of sulfonamides is 1. The zero-order chi connectivity index (χ0) is 13.8.